The first-order chi connectivity index (χ1) is 14.8. The van der Waals surface area contributed by atoms with Crippen LogP contribution >= 0.6 is 0 Å². The van der Waals surface area contributed by atoms with Gasteiger partial charge in [-0.2, -0.15) is 0 Å². The fourth-order valence-electron chi connectivity index (χ4n) is 4.87. The van der Waals surface area contributed by atoms with Crippen LogP contribution in [0.3, 0.4) is 0 Å². The Kier molecular flexibility index (Phi) is 7.42. The summed E-state index contributed by atoms with van der Waals surface area (Å²) >= 11 is 0. The van der Waals surface area contributed by atoms with Gasteiger partial charge >= 0.3 is 0 Å². The highest BCUT2D eigenvalue weighted by Gasteiger charge is 2.42. The summed E-state index contributed by atoms with van der Waals surface area (Å²) in [5.74, 6) is 1.04. The van der Waals surface area contributed by atoms with Gasteiger partial charge in [0.25, 0.3) is 0 Å². The molecule has 0 saturated carbocycles. The van der Waals surface area contributed by atoms with E-state index in [0.29, 0.717) is 26.1 Å². The quantitative estimate of drug-likeness (QED) is 0.561. The Bertz CT molecular complexity index is 877. The van der Waals surface area contributed by atoms with Gasteiger partial charge in [-0.3, -0.25) is 4.79 Å². The summed E-state index contributed by atoms with van der Waals surface area (Å²) in [5, 5.41) is 0. The van der Waals surface area contributed by atoms with Gasteiger partial charge < -0.3 is 14.4 Å². The second-order valence-electron chi connectivity index (χ2n) is 9.70. The van der Waals surface area contributed by atoms with Crippen LogP contribution in [0.5, 0.6) is 5.75 Å². The molecule has 1 unspecified atom stereocenters. The molecule has 0 radical (unpaired) electrons. The Morgan fingerprint density at radius 1 is 1.13 bits per heavy atom. The Balaban J connectivity index is 1.83. The molecule has 2 aromatic carbocycles. The third-order valence-electron chi connectivity index (χ3n) is 6.44. The van der Waals surface area contributed by atoms with Crippen molar-refractivity contribution >= 4 is 5.91 Å². The lowest BCUT2D eigenvalue weighted by atomic mass is 9.66. The highest BCUT2D eigenvalue weighted by atomic mass is 16.5. The van der Waals surface area contributed by atoms with Crippen LogP contribution in [0.15, 0.2) is 48.5 Å². The smallest absolute Gasteiger partial charge is 0.222 e. The van der Waals surface area contributed by atoms with Crippen LogP contribution in [0.4, 0.5) is 0 Å². The van der Waals surface area contributed by atoms with Crippen LogP contribution in [0.2, 0.25) is 0 Å². The van der Waals surface area contributed by atoms with Gasteiger partial charge in [-0.25, -0.2) is 0 Å². The number of hydrogen-bond acceptors (Lipinski definition) is 3. The molecular weight excluding hydrogens is 386 g/mol. The molecule has 4 nitrogen and oxygen atoms in total. The zero-order valence-corrected chi connectivity index (χ0v) is 19.7. The zero-order valence-electron chi connectivity index (χ0n) is 19.7. The monoisotopic (exact) mass is 423 g/mol. The minimum absolute atomic E-state index is 0.0831. The molecule has 1 atom stereocenters. The lowest BCUT2D eigenvalue weighted by Gasteiger charge is -2.46. The molecule has 0 aromatic heterocycles. The maximum Gasteiger partial charge on any atom is 0.222 e. The summed E-state index contributed by atoms with van der Waals surface area (Å²) in [4.78, 5) is 14.8. The molecule has 3 rings (SSSR count). The van der Waals surface area contributed by atoms with E-state index in [1.165, 1.54) is 5.56 Å². The number of methoxy groups -OCH3 is 1. The minimum Gasteiger partial charge on any atom is -0.496 e. The Labute approximate surface area is 187 Å². The molecule has 31 heavy (non-hydrogen) atoms. The lowest BCUT2D eigenvalue weighted by Crippen LogP contribution is -2.46. The number of carbonyl (C=O) groups excluding carboxylic acids is 1. The van der Waals surface area contributed by atoms with Crippen molar-refractivity contribution in [2.45, 2.75) is 58.9 Å². The molecule has 4 heteroatoms. The van der Waals surface area contributed by atoms with Gasteiger partial charge in [0.1, 0.15) is 5.75 Å². The highest BCUT2D eigenvalue weighted by molar-refractivity contribution is 5.75. The number of hydrogen-bond donors (Lipinski definition) is 0. The summed E-state index contributed by atoms with van der Waals surface area (Å²) in [7, 11) is 1.69. The molecule has 1 amide bonds. The summed E-state index contributed by atoms with van der Waals surface area (Å²) in [6, 6.07) is 16.9. The largest absolute Gasteiger partial charge is 0.496 e. The second kappa shape index (κ2) is 9.86. The Hall–Kier alpha value is -2.33. The van der Waals surface area contributed by atoms with Crippen molar-refractivity contribution in [3.8, 4) is 5.75 Å². The van der Waals surface area contributed by atoms with Gasteiger partial charge in [0.15, 0.2) is 0 Å². The number of aryl methyl sites for hydroxylation is 1. The first kappa shape index (κ1) is 23.3. The van der Waals surface area contributed by atoms with E-state index < -0.39 is 0 Å². The summed E-state index contributed by atoms with van der Waals surface area (Å²) in [6.07, 6.45) is 2.44. The molecule has 0 N–H and O–H groups in total. The average Bonchev–Trinajstić information content (AvgIpc) is 2.77. The van der Waals surface area contributed by atoms with Crippen LogP contribution in [-0.2, 0) is 21.5 Å². The standard InChI is InChI=1S/C27H37NO3/c1-6-25(29)28(17-22-13-12-21(2)24(16-22)30-5)15-14-27(23-10-8-7-9-11-23)18-26(3,4)19-31-20-27/h7-13,16H,6,14-15,17-20H2,1-5H3. The molecule has 2 aromatic rings. The second-order valence-corrected chi connectivity index (χ2v) is 9.70. The van der Waals surface area contributed by atoms with Crippen molar-refractivity contribution in [2.24, 2.45) is 5.41 Å². The molecule has 0 spiro atoms. The van der Waals surface area contributed by atoms with Crippen molar-refractivity contribution < 1.29 is 14.3 Å². The maximum atomic E-state index is 12.8. The fraction of sp³-hybridized carbons (Fsp3) is 0.519. The van der Waals surface area contributed by atoms with E-state index in [1.54, 1.807) is 7.11 Å². The first-order valence-electron chi connectivity index (χ1n) is 11.3. The number of ether oxygens (including phenoxy) is 2. The maximum absolute atomic E-state index is 12.8. The van der Waals surface area contributed by atoms with Gasteiger partial charge in [-0.1, -0.05) is 63.2 Å². The normalized spacial score (nSPS) is 20.3. The molecule has 1 aliphatic heterocycles. The van der Waals surface area contributed by atoms with Gasteiger partial charge in [0.2, 0.25) is 5.91 Å². The topological polar surface area (TPSA) is 38.8 Å². The third kappa shape index (κ3) is 5.68. The Morgan fingerprint density at radius 3 is 2.52 bits per heavy atom. The van der Waals surface area contributed by atoms with Crippen molar-refractivity contribution in [1.82, 2.24) is 4.90 Å². The molecule has 1 saturated heterocycles. The van der Waals surface area contributed by atoms with Crippen molar-refractivity contribution in [1.29, 1.82) is 0 Å². The molecule has 0 aliphatic carbocycles. The van der Waals surface area contributed by atoms with E-state index in [4.69, 9.17) is 9.47 Å². The van der Waals surface area contributed by atoms with E-state index in [0.717, 1.165) is 36.3 Å². The van der Waals surface area contributed by atoms with E-state index >= 15 is 0 Å². The third-order valence-corrected chi connectivity index (χ3v) is 6.44. The van der Waals surface area contributed by atoms with Crippen LogP contribution in [0.1, 0.15) is 56.7 Å². The molecule has 1 heterocycles. The predicted octanol–water partition coefficient (Wildman–Crippen LogP) is 5.52. The summed E-state index contributed by atoms with van der Waals surface area (Å²) in [6.45, 7) is 11.3. The van der Waals surface area contributed by atoms with Crippen LogP contribution in [-0.4, -0.2) is 37.7 Å². The van der Waals surface area contributed by atoms with E-state index in [2.05, 4.69) is 56.3 Å². The average molecular weight is 424 g/mol. The van der Waals surface area contributed by atoms with Crippen LogP contribution < -0.4 is 4.74 Å². The van der Waals surface area contributed by atoms with Crippen LogP contribution in [0.25, 0.3) is 0 Å². The Morgan fingerprint density at radius 2 is 1.87 bits per heavy atom. The fourth-order valence-corrected chi connectivity index (χ4v) is 4.87. The van der Waals surface area contributed by atoms with Crippen molar-refractivity contribution in [3.05, 3.63) is 65.2 Å². The first-order valence-corrected chi connectivity index (χ1v) is 11.3. The van der Waals surface area contributed by atoms with Crippen LogP contribution in [0, 0.1) is 12.3 Å². The lowest BCUT2D eigenvalue weighted by molar-refractivity contribution is -0.132. The minimum atomic E-state index is -0.0831. The SMILES string of the molecule is CCC(=O)N(CCC1(c2ccccc2)COCC(C)(C)C1)Cc1ccc(C)c(OC)c1. The van der Waals surface area contributed by atoms with E-state index in [-0.39, 0.29) is 16.7 Å². The predicted molar refractivity (Wildman–Crippen MR) is 125 cm³/mol. The van der Waals surface area contributed by atoms with E-state index in [1.807, 2.05) is 24.8 Å². The van der Waals surface area contributed by atoms with Gasteiger partial charge in [-0.05, 0) is 47.9 Å². The summed E-state index contributed by atoms with van der Waals surface area (Å²) < 4.78 is 11.6. The number of nitrogens with zero attached hydrogens (tertiary/aromatic N) is 1. The van der Waals surface area contributed by atoms with E-state index in [9.17, 15) is 4.79 Å². The number of rotatable bonds is 8. The molecule has 0 bridgehead atoms. The molecular formula is C27H37NO3. The highest BCUT2D eigenvalue weighted by Crippen LogP contribution is 2.44. The number of amides is 1. The van der Waals surface area contributed by atoms with Crippen molar-refractivity contribution in [3.63, 3.8) is 0 Å². The van der Waals surface area contributed by atoms with Gasteiger partial charge in [-0.15, -0.1) is 0 Å². The molecule has 1 aliphatic rings. The van der Waals surface area contributed by atoms with Gasteiger partial charge in [0, 0.05) is 24.9 Å². The summed E-state index contributed by atoms with van der Waals surface area (Å²) in [5.41, 5.74) is 3.53. The zero-order chi connectivity index (χ0) is 22.5. The molecule has 1 fully saturated rings. The number of carbonyl (C=O) groups is 1. The van der Waals surface area contributed by atoms with Crippen molar-refractivity contribution in [2.75, 3.05) is 26.9 Å². The molecule has 168 valence electrons. The number of benzene rings is 2. The van der Waals surface area contributed by atoms with Gasteiger partial charge in [0.05, 0.1) is 20.3 Å².